The smallest absolute Gasteiger partial charge is 0.412 e. The van der Waals surface area contributed by atoms with Gasteiger partial charge in [-0.2, -0.15) is 0 Å². The Labute approximate surface area is 206 Å². The van der Waals surface area contributed by atoms with Crippen LogP contribution < -0.4 is 15.4 Å². The van der Waals surface area contributed by atoms with Crippen molar-refractivity contribution in [2.45, 2.75) is 43.9 Å². The van der Waals surface area contributed by atoms with Crippen LogP contribution in [0.5, 0.6) is 5.75 Å². The molecule has 3 N–H and O–H groups in total. The predicted molar refractivity (Wildman–Crippen MR) is 136 cm³/mol. The monoisotopic (exact) mass is 474 g/mol. The molecule has 0 unspecified atom stereocenters. The second kappa shape index (κ2) is 9.86. The number of likely N-dealkylation sites (N-methyl/N-ethyl adjacent to an activating group) is 1. The zero-order valence-corrected chi connectivity index (χ0v) is 20.3. The van der Waals surface area contributed by atoms with E-state index in [1.807, 2.05) is 43.4 Å². The quantitative estimate of drug-likeness (QED) is 0.360. The van der Waals surface area contributed by atoms with Crippen LogP contribution >= 0.6 is 0 Å². The minimum Gasteiger partial charge on any atom is -0.478 e. The molecule has 0 atom stereocenters. The summed E-state index contributed by atoms with van der Waals surface area (Å²) in [6.45, 7) is 1.20. The van der Waals surface area contributed by atoms with Crippen LogP contribution in [0.25, 0.3) is 17.2 Å². The van der Waals surface area contributed by atoms with E-state index in [-0.39, 0.29) is 5.41 Å². The number of amides is 1. The molecule has 35 heavy (non-hydrogen) atoms. The Morgan fingerprint density at radius 2 is 1.60 bits per heavy atom. The Morgan fingerprint density at radius 1 is 0.971 bits per heavy atom. The minimum absolute atomic E-state index is 0.0789. The summed E-state index contributed by atoms with van der Waals surface area (Å²) >= 11 is 0. The van der Waals surface area contributed by atoms with Gasteiger partial charge in [-0.3, -0.25) is 0 Å². The molecule has 1 amide bonds. The van der Waals surface area contributed by atoms with Crippen molar-refractivity contribution in [3.8, 4) is 16.9 Å². The first kappa shape index (κ1) is 23.6. The molecule has 4 bridgehead atoms. The van der Waals surface area contributed by atoms with Crippen molar-refractivity contribution in [2.75, 3.05) is 20.1 Å². The fourth-order valence-corrected chi connectivity index (χ4v) is 7.03. The number of carbonyl (C=O) groups is 2. The van der Waals surface area contributed by atoms with E-state index in [9.17, 15) is 9.59 Å². The van der Waals surface area contributed by atoms with Gasteiger partial charge >= 0.3 is 12.1 Å². The Balaban J connectivity index is 1.47. The summed E-state index contributed by atoms with van der Waals surface area (Å²) in [5.41, 5.74) is 4.25. The van der Waals surface area contributed by atoms with E-state index in [0.717, 1.165) is 40.5 Å². The van der Waals surface area contributed by atoms with Crippen LogP contribution in [0.2, 0.25) is 0 Å². The van der Waals surface area contributed by atoms with Gasteiger partial charge in [0.2, 0.25) is 0 Å². The van der Waals surface area contributed by atoms with Gasteiger partial charge in [-0.15, -0.1) is 0 Å². The number of ether oxygens (including phenoxy) is 1. The number of hydrogen-bond donors (Lipinski definition) is 3. The van der Waals surface area contributed by atoms with Crippen LogP contribution in [0.3, 0.4) is 0 Å². The topological polar surface area (TPSA) is 87.7 Å². The molecule has 6 nitrogen and oxygen atoms in total. The van der Waals surface area contributed by atoms with Crippen LogP contribution in [-0.4, -0.2) is 37.3 Å². The number of aliphatic carboxylic acids is 1. The second-order valence-electron chi connectivity index (χ2n) is 10.6. The molecule has 2 aromatic carbocycles. The highest BCUT2D eigenvalue weighted by atomic mass is 16.6. The summed E-state index contributed by atoms with van der Waals surface area (Å²) < 4.78 is 5.90. The lowest BCUT2D eigenvalue weighted by Crippen LogP contribution is -2.48. The van der Waals surface area contributed by atoms with Gasteiger partial charge < -0.3 is 20.5 Å². The first-order chi connectivity index (χ1) is 16.9. The highest BCUT2D eigenvalue weighted by Gasteiger charge is 2.52. The van der Waals surface area contributed by atoms with Gasteiger partial charge in [-0.25, -0.2) is 9.59 Å². The summed E-state index contributed by atoms with van der Waals surface area (Å²) in [7, 11) is 1.85. The van der Waals surface area contributed by atoms with Crippen LogP contribution in [0.15, 0.2) is 48.5 Å². The summed E-state index contributed by atoms with van der Waals surface area (Å²) in [4.78, 5) is 23.4. The predicted octanol–water partition coefficient (Wildman–Crippen LogP) is 5.23. The van der Waals surface area contributed by atoms with Gasteiger partial charge in [0.15, 0.2) is 0 Å². The van der Waals surface area contributed by atoms with Crippen LogP contribution in [-0.2, 0) is 10.2 Å². The Morgan fingerprint density at radius 3 is 2.20 bits per heavy atom. The average Bonchev–Trinajstić information content (AvgIpc) is 2.82. The van der Waals surface area contributed by atoms with Crippen LogP contribution in [0.4, 0.5) is 4.79 Å². The number of benzene rings is 2. The Kier molecular flexibility index (Phi) is 6.65. The number of hydrogen-bond acceptors (Lipinski definition) is 4. The third-order valence-electron chi connectivity index (χ3n) is 8.10. The van der Waals surface area contributed by atoms with E-state index in [0.29, 0.717) is 18.8 Å². The molecule has 4 saturated carbocycles. The Bertz CT molecular complexity index is 1090. The molecule has 0 heterocycles. The third-order valence-corrected chi connectivity index (χ3v) is 8.10. The highest BCUT2D eigenvalue weighted by molar-refractivity contribution is 5.85. The molecule has 4 aliphatic rings. The lowest BCUT2D eigenvalue weighted by molar-refractivity contribution is -0.131. The standard InChI is InChI=1S/C29H34N2O4/c1-30-10-11-31-28(34)35-26-8-7-24(23-5-2-19(3-6-23)4-9-27(32)33)15-25(26)29-16-20-12-21(17-29)14-22(13-20)18-29/h2-9,15,20-22,30H,10-14,16-18H2,1H3,(H,31,34)(H,32,33)/b9-4+. The van der Waals surface area contributed by atoms with E-state index >= 15 is 0 Å². The van der Waals surface area contributed by atoms with Gasteiger partial charge in [-0.1, -0.05) is 30.3 Å². The van der Waals surface area contributed by atoms with E-state index in [4.69, 9.17) is 9.84 Å². The summed E-state index contributed by atoms with van der Waals surface area (Å²) in [6.07, 6.45) is 9.93. The molecule has 4 aliphatic carbocycles. The molecule has 0 saturated heterocycles. The van der Waals surface area contributed by atoms with Gasteiger partial charge in [-0.05, 0) is 104 Å². The normalized spacial score (nSPS) is 26.7. The van der Waals surface area contributed by atoms with E-state index in [1.165, 1.54) is 44.1 Å². The molecule has 0 aromatic heterocycles. The molecule has 0 aliphatic heterocycles. The van der Waals surface area contributed by atoms with Crippen LogP contribution in [0.1, 0.15) is 49.7 Å². The van der Waals surface area contributed by atoms with Crippen molar-refractivity contribution < 1.29 is 19.4 Å². The molecule has 6 heteroatoms. The average molecular weight is 475 g/mol. The number of carbonyl (C=O) groups excluding carboxylic acids is 1. The zero-order valence-electron chi connectivity index (χ0n) is 20.3. The lowest BCUT2D eigenvalue weighted by Gasteiger charge is -2.57. The van der Waals surface area contributed by atoms with Crippen LogP contribution in [0, 0.1) is 17.8 Å². The van der Waals surface area contributed by atoms with Gasteiger partial charge in [0.05, 0.1) is 0 Å². The molecule has 4 fully saturated rings. The summed E-state index contributed by atoms with van der Waals surface area (Å²) in [6, 6.07) is 14.1. The third kappa shape index (κ3) is 5.13. The first-order valence-corrected chi connectivity index (χ1v) is 12.7. The van der Waals surface area contributed by atoms with Crippen molar-refractivity contribution in [1.29, 1.82) is 0 Å². The largest absolute Gasteiger partial charge is 0.478 e. The number of nitrogens with one attached hydrogen (secondary N) is 2. The van der Waals surface area contributed by atoms with Crippen molar-refractivity contribution in [3.05, 3.63) is 59.7 Å². The SMILES string of the molecule is CNCCNC(=O)Oc1ccc(-c2ccc(/C=C/C(=O)O)cc2)cc1C12CC3CC(CC(C3)C1)C2. The molecule has 184 valence electrons. The van der Waals surface area contributed by atoms with Gasteiger partial charge in [0, 0.05) is 24.7 Å². The molecular weight excluding hydrogens is 440 g/mol. The number of carboxylic acid groups (broad SMARTS) is 1. The molecular formula is C29H34N2O4. The number of rotatable bonds is 8. The first-order valence-electron chi connectivity index (χ1n) is 12.7. The van der Waals surface area contributed by atoms with E-state index < -0.39 is 12.1 Å². The molecule has 0 spiro atoms. The highest BCUT2D eigenvalue weighted by Crippen LogP contribution is 2.62. The van der Waals surface area contributed by atoms with E-state index in [2.05, 4.69) is 16.7 Å². The van der Waals surface area contributed by atoms with E-state index in [1.54, 1.807) is 6.08 Å². The van der Waals surface area contributed by atoms with Crippen molar-refractivity contribution in [3.63, 3.8) is 0 Å². The second-order valence-corrected chi connectivity index (χ2v) is 10.6. The fourth-order valence-electron chi connectivity index (χ4n) is 7.03. The maximum absolute atomic E-state index is 12.6. The van der Waals surface area contributed by atoms with Gasteiger partial charge in [0.25, 0.3) is 0 Å². The van der Waals surface area contributed by atoms with Crippen molar-refractivity contribution in [2.24, 2.45) is 17.8 Å². The molecule has 6 rings (SSSR count). The molecule has 0 radical (unpaired) electrons. The van der Waals surface area contributed by atoms with Crippen molar-refractivity contribution >= 4 is 18.1 Å². The van der Waals surface area contributed by atoms with Gasteiger partial charge in [0.1, 0.15) is 5.75 Å². The molecule has 2 aromatic rings. The van der Waals surface area contributed by atoms with Crippen molar-refractivity contribution in [1.82, 2.24) is 10.6 Å². The maximum Gasteiger partial charge on any atom is 0.412 e. The zero-order chi connectivity index (χ0) is 24.4. The fraction of sp³-hybridized carbons (Fsp3) is 0.448. The summed E-state index contributed by atoms with van der Waals surface area (Å²) in [5.74, 6) is 2.06. The minimum atomic E-state index is -0.958. The Hall–Kier alpha value is -3.12. The maximum atomic E-state index is 12.6. The lowest BCUT2D eigenvalue weighted by atomic mass is 9.48. The summed E-state index contributed by atoms with van der Waals surface area (Å²) in [5, 5.41) is 14.7. The number of carboxylic acids is 1.